The van der Waals surface area contributed by atoms with E-state index in [2.05, 4.69) is 9.88 Å². The van der Waals surface area contributed by atoms with Crippen molar-refractivity contribution in [3.8, 4) is 17.7 Å². The number of Topliss-reactive ketones (excluding diaryl/α,β-unsaturated/α-hetero) is 1. The minimum atomic E-state index is -0.549. The summed E-state index contributed by atoms with van der Waals surface area (Å²) in [5.74, 6) is 1.77. The molecule has 6 heteroatoms. The Balaban J connectivity index is 1.28. The lowest BCUT2D eigenvalue weighted by molar-refractivity contribution is -0.121. The topological polar surface area (TPSA) is 75.5 Å². The number of benzene rings is 1. The molecule has 1 aromatic carbocycles. The molecule has 2 fully saturated rings. The van der Waals surface area contributed by atoms with Crippen LogP contribution in [-0.2, 0) is 4.79 Å². The van der Waals surface area contributed by atoms with Gasteiger partial charge in [-0.3, -0.25) is 4.79 Å². The van der Waals surface area contributed by atoms with Gasteiger partial charge < -0.3 is 14.4 Å². The van der Waals surface area contributed by atoms with Crippen LogP contribution < -0.4 is 14.4 Å². The summed E-state index contributed by atoms with van der Waals surface area (Å²) in [6.07, 6.45) is 5.81. The fourth-order valence-corrected chi connectivity index (χ4v) is 3.96. The Morgan fingerprint density at radius 3 is 2.72 bits per heavy atom. The third kappa shape index (κ3) is 5.79. The maximum atomic E-state index is 12.0. The van der Waals surface area contributed by atoms with Crippen LogP contribution in [0.2, 0.25) is 0 Å². The summed E-state index contributed by atoms with van der Waals surface area (Å²) in [7, 11) is 0. The van der Waals surface area contributed by atoms with E-state index in [-0.39, 0.29) is 17.8 Å². The SMILES string of the molecule is CC(C#N)C(=O)C[C@@H](C)c1ccc(OC2CCN(c3ccnc(OCC4CC4)c3)C2)cc1. The molecule has 1 aromatic heterocycles. The predicted octanol–water partition coefficient (Wildman–Crippen LogP) is 4.75. The Hall–Kier alpha value is -3.07. The van der Waals surface area contributed by atoms with Crippen molar-refractivity contribution in [1.29, 1.82) is 5.26 Å². The van der Waals surface area contributed by atoms with Gasteiger partial charge in [0.2, 0.25) is 5.88 Å². The minimum absolute atomic E-state index is 0.0106. The van der Waals surface area contributed by atoms with E-state index in [9.17, 15) is 4.79 Å². The first-order valence-electron chi connectivity index (χ1n) is 11.5. The van der Waals surface area contributed by atoms with Crippen molar-refractivity contribution in [2.75, 3.05) is 24.6 Å². The van der Waals surface area contributed by atoms with Gasteiger partial charge >= 0.3 is 0 Å². The molecule has 2 unspecified atom stereocenters. The van der Waals surface area contributed by atoms with Gasteiger partial charge in [0.25, 0.3) is 0 Å². The predicted molar refractivity (Wildman–Crippen MR) is 123 cm³/mol. The largest absolute Gasteiger partial charge is 0.489 e. The van der Waals surface area contributed by atoms with Crippen LogP contribution >= 0.6 is 0 Å². The fourth-order valence-electron chi connectivity index (χ4n) is 3.96. The third-order valence-electron chi connectivity index (χ3n) is 6.33. The average Bonchev–Trinajstić information content (AvgIpc) is 3.54. The van der Waals surface area contributed by atoms with Gasteiger partial charge in [0.05, 0.1) is 19.2 Å². The molecule has 6 nitrogen and oxygen atoms in total. The normalized spacial score (nSPS) is 19.8. The van der Waals surface area contributed by atoms with Crippen LogP contribution in [0.3, 0.4) is 0 Å². The van der Waals surface area contributed by atoms with Crippen LogP contribution in [0.15, 0.2) is 42.6 Å². The Labute approximate surface area is 190 Å². The number of hydrogen-bond acceptors (Lipinski definition) is 6. The summed E-state index contributed by atoms with van der Waals surface area (Å²) >= 11 is 0. The number of anilines is 1. The second-order valence-electron chi connectivity index (χ2n) is 9.07. The van der Waals surface area contributed by atoms with Crippen LogP contribution in [0.25, 0.3) is 0 Å². The van der Waals surface area contributed by atoms with Gasteiger partial charge in [-0.15, -0.1) is 0 Å². The number of ether oxygens (including phenoxy) is 2. The lowest BCUT2D eigenvalue weighted by Gasteiger charge is -2.20. The highest BCUT2D eigenvalue weighted by Gasteiger charge is 2.26. The minimum Gasteiger partial charge on any atom is -0.489 e. The molecule has 1 aliphatic heterocycles. The number of nitrogens with zero attached hydrogens (tertiary/aromatic N) is 3. The molecule has 2 aromatic rings. The van der Waals surface area contributed by atoms with E-state index in [1.54, 1.807) is 6.92 Å². The smallest absolute Gasteiger partial charge is 0.215 e. The molecule has 0 amide bonds. The molecule has 2 heterocycles. The number of hydrogen-bond donors (Lipinski definition) is 0. The number of carbonyl (C=O) groups is 1. The number of ketones is 1. The summed E-state index contributed by atoms with van der Waals surface area (Å²) < 4.78 is 12.0. The van der Waals surface area contributed by atoms with E-state index in [1.165, 1.54) is 12.8 Å². The maximum absolute atomic E-state index is 12.0. The zero-order valence-electron chi connectivity index (χ0n) is 18.9. The van der Waals surface area contributed by atoms with Gasteiger partial charge in [-0.05, 0) is 55.4 Å². The summed E-state index contributed by atoms with van der Waals surface area (Å²) in [4.78, 5) is 18.7. The van der Waals surface area contributed by atoms with Crippen LogP contribution in [-0.4, -0.2) is 36.6 Å². The first-order valence-corrected chi connectivity index (χ1v) is 11.5. The molecule has 3 atom stereocenters. The average molecular weight is 434 g/mol. The number of aromatic nitrogens is 1. The summed E-state index contributed by atoms with van der Waals surface area (Å²) in [6, 6.07) is 14.1. The van der Waals surface area contributed by atoms with Crippen molar-refractivity contribution < 1.29 is 14.3 Å². The molecule has 1 saturated heterocycles. The van der Waals surface area contributed by atoms with E-state index >= 15 is 0 Å². The van der Waals surface area contributed by atoms with Crippen LogP contribution in [0.4, 0.5) is 5.69 Å². The van der Waals surface area contributed by atoms with Crippen molar-refractivity contribution in [3.63, 3.8) is 0 Å². The van der Waals surface area contributed by atoms with Crippen molar-refractivity contribution in [1.82, 2.24) is 4.98 Å². The van der Waals surface area contributed by atoms with Gasteiger partial charge in [-0.2, -0.15) is 5.26 Å². The van der Waals surface area contributed by atoms with Gasteiger partial charge in [0.1, 0.15) is 23.6 Å². The lowest BCUT2D eigenvalue weighted by atomic mass is 9.92. The fraction of sp³-hybridized carbons (Fsp3) is 0.500. The highest BCUT2D eigenvalue weighted by molar-refractivity contribution is 5.83. The second-order valence-corrected chi connectivity index (χ2v) is 9.07. The molecule has 32 heavy (non-hydrogen) atoms. The Bertz CT molecular complexity index is 965. The van der Waals surface area contributed by atoms with Crippen molar-refractivity contribution >= 4 is 11.5 Å². The van der Waals surface area contributed by atoms with E-state index < -0.39 is 5.92 Å². The molecule has 0 bridgehead atoms. The zero-order chi connectivity index (χ0) is 22.5. The highest BCUT2D eigenvalue weighted by Crippen LogP contribution is 2.31. The Morgan fingerprint density at radius 1 is 1.22 bits per heavy atom. The molecule has 0 radical (unpaired) electrons. The highest BCUT2D eigenvalue weighted by atomic mass is 16.5. The molecule has 4 rings (SSSR count). The van der Waals surface area contributed by atoms with E-state index in [1.807, 2.05) is 55.6 Å². The Kier molecular flexibility index (Phi) is 6.94. The van der Waals surface area contributed by atoms with Gasteiger partial charge in [-0.25, -0.2) is 4.98 Å². The summed E-state index contributed by atoms with van der Waals surface area (Å²) in [5, 5.41) is 8.91. The van der Waals surface area contributed by atoms with Gasteiger partial charge in [0, 0.05) is 37.3 Å². The number of carbonyl (C=O) groups excluding carboxylic acids is 1. The quantitative estimate of drug-likeness (QED) is 0.538. The number of rotatable bonds is 10. The first-order chi connectivity index (χ1) is 15.5. The molecule has 2 aliphatic rings. The molecular weight excluding hydrogens is 402 g/mol. The van der Waals surface area contributed by atoms with E-state index in [0.29, 0.717) is 18.2 Å². The van der Waals surface area contributed by atoms with Crippen LogP contribution in [0.5, 0.6) is 11.6 Å². The maximum Gasteiger partial charge on any atom is 0.215 e. The Morgan fingerprint density at radius 2 is 2.00 bits per heavy atom. The van der Waals surface area contributed by atoms with E-state index in [4.69, 9.17) is 14.7 Å². The molecule has 0 N–H and O–H groups in total. The van der Waals surface area contributed by atoms with Crippen molar-refractivity contribution in [2.24, 2.45) is 11.8 Å². The molecule has 1 saturated carbocycles. The summed E-state index contributed by atoms with van der Waals surface area (Å²) in [5.41, 5.74) is 2.21. The van der Waals surface area contributed by atoms with Crippen molar-refractivity contribution in [3.05, 3.63) is 48.2 Å². The van der Waals surface area contributed by atoms with E-state index in [0.717, 1.165) is 43.1 Å². The molecule has 0 spiro atoms. The first kappa shape index (κ1) is 22.1. The standard InChI is InChI=1S/C26H31N3O3/c1-18(13-25(30)19(2)15-27)21-5-7-23(8-6-21)32-24-10-12-29(16-24)22-9-11-28-26(14-22)31-17-20-3-4-20/h5-9,11,14,18-20,24H,3-4,10,12-13,16-17H2,1-2H3/t18-,19?,24?/m1/s1. The molecular formula is C26H31N3O3. The van der Waals surface area contributed by atoms with Gasteiger partial charge in [0.15, 0.2) is 0 Å². The second kappa shape index (κ2) is 10.0. The third-order valence-corrected chi connectivity index (χ3v) is 6.33. The van der Waals surface area contributed by atoms with Crippen molar-refractivity contribution in [2.45, 2.75) is 51.6 Å². The number of pyridine rings is 1. The monoisotopic (exact) mass is 433 g/mol. The summed E-state index contributed by atoms with van der Waals surface area (Å²) in [6.45, 7) is 6.20. The zero-order valence-corrected chi connectivity index (χ0v) is 18.9. The number of nitriles is 1. The molecule has 168 valence electrons. The van der Waals surface area contributed by atoms with Crippen LogP contribution in [0.1, 0.15) is 51.0 Å². The van der Waals surface area contributed by atoms with Crippen LogP contribution in [0, 0.1) is 23.2 Å². The van der Waals surface area contributed by atoms with Gasteiger partial charge in [-0.1, -0.05) is 19.1 Å². The molecule has 1 aliphatic carbocycles. The lowest BCUT2D eigenvalue weighted by Crippen LogP contribution is -2.24.